The highest BCUT2D eigenvalue weighted by atomic mass is 32.2. The van der Waals surface area contributed by atoms with Crippen LogP contribution >= 0.6 is 0 Å². The lowest BCUT2D eigenvalue weighted by Crippen LogP contribution is -2.57. The topological polar surface area (TPSA) is 52.7 Å². The Kier molecular flexibility index (Phi) is 6.23. The quantitative estimate of drug-likeness (QED) is 0.636. The van der Waals surface area contributed by atoms with Gasteiger partial charge in [-0.2, -0.15) is 0 Å². The summed E-state index contributed by atoms with van der Waals surface area (Å²) < 4.78 is 25.9. The number of nitrogens with one attached hydrogen (secondary N) is 1. The fourth-order valence-corrected chi connectivity index (χ4v) is 3.65. The van der Waals surface area contributed by atoms with E-state index in [0.29, 0.717) is 13.1 Å². The molecule has 0 aromatic heterocycles. The van der Waals surface area contributed by atoms with Crippen molar-refractivity contribution in [1.82, 2.24) is 14.5 Å². The summed E-state index contributed by atoms with van der Waals surface area (Å²) in [6.07, 6.45) is 4.41. The van der Waals surface area contributed by atoms with Crippen LogP contribution in [0.15, 0.2) is 0 Å². The van der Waals surface area contributed by atoms with Crippen LogP contribution in [0.4, 0.5) is 0 Å². The van der Waals surface area contributed by atoms with Crippen LogP contribution < -0.4 is 5.32 Å². The molecule has 5 nitrogen and oxygen atoms in total. The maximum absolute atomic E-state index is 12.2. The zero-order valence-electron chi connectivity index (χ0n) is 12.8. The molecule has 0 saturated heterocycles. The van der Waals surface area contributed by atoms with Crippen molar-refractivity contribution in [3.8, 4) is 0 Å². The lowest BCUT2D eigenvalue weighted by molar-refractivity contribution is 0.0455. The maximum atomic E-state index is 12.2. The third-order valence-electron chi connectivity index (χ3n) is 4.19. The van der Waals surface area contributed by atoms with Gasteiger partial charge in [-0.25, -0.2) is 12.7 Å². The van der Waals surface area contributed by atoms with E-state index in [-0.39, 0.29) is 11.3 Å². The van der Waals surface area contributed by atoms with Gasteiger partial charge in [0.1, 0.15) is 0 Å². The highest BCUT2D eigenvalue weighted by Crippen LogP contribution is 2.37. The van der Waals surface area contributed by atoms with Crippen molar-refractivity contribution in [2.24, 2.45) is 0 Å². The Morgan fingerprint density at radius 3 is 2.21 bits per heavy atom. The largest absolute Gasteiger partial charge is 0.316 e. The molecule has 0 aromatic carbocycles. The minimum atomic E-state index is -3.14. The molecule has 1 saturated carbocycles. The third-order valence-corrected chi connectivity index (χ3v) is 5.99. The molecule has 0 aliphatic heterocycles. The Bertz CT molecular complexity index is 364. The van der Waals surface area contributed by atoms with E-state index in [0.717, 1.165) is 25.8 Å². The van der Waals surface area contributed by atoms with Gasteiger partial charge in [-0.3, -0.25) is 0 Å². The molecular weight excluding hydrogens is 262 g/mol. The zero-order chi connectivity index (χ0) is 14.5. The van der Waals surface area contributed by atoms with E-state index in [1.165, 1.54) is 6.42 Å². The second kappa shape index (κ2) is 7.02. The summed E-state index contributed by atoms with van der Waals surface area (Å²) in [5, 5.41) is 3.14. The number of nitrogens with zero attached hydrogens (tertiary/aromatic N) is 2. The fourth-order valence-electron chi connectivity index (χ4n) is 2.50. The molecule has 6 heteroatoms. The average molecular weight is 291 g/mol. The Hall–Kier alpha value is -0.170. The Labute approximate surface area is 118 Å². The summed E-state index contributed by atoms with van der Waals surface area (Å²) >= 11 is 0. The third kappa shape index (κ3) is 4.41. The predicted octanol–water partition coefficient (Wildman–Crippen LogP) is 0.732. The van der Waals surface area contributed by atoms with Gasteiger partial charge in [-0.1, -0.05) is 6.92 Å². The monoisotopic (exact) mass is 291 g/mol. The minimum Gasteiger partial charge on any atom is -0.316 e. The summed E-state index contributed by atoms with van der Waals surface area (Å²) in [6, 6.07) is 0. The molecule has 0 aromatic rings. The standard InChI is InChI=1S/C13H29N3O2S/c1-5-9-14-10-11-19(17,18)16(4)12-13(15(2)3)7-6-8-13/h14H,5-12H2,1-4H3. The molecule has 1 aliphatic rings. The molecule has 0 unspecified atom stereocenters. The first-order valence-electron chi connectivity index (χ1n) is 7.16. The minimum absolute atomic E-state index is 0.0542. The molecular formula is C13H29N3O2S. The average Bonchev–Trinajstić information content (AvgIpc) is 2.28. The maximum Gasteiger partial charge on any atom is 0.215 e. The second-order valence-electron chi connectivity index (χ2n) is 5.79. The van der Waals surface area contributed by atoms with Crippen LogP contribution in [-0.4, -0.2) is 69.7 Å². The number of likely N-dealkylation sites (N-methyl/N-ethyl adjacent to an activating group) is 2. The van der Waals surface area contributed by atoms with Crippen LogP contribution in [-0.2, 0) is 10.0 Å². The lowest BCUT2D eigenvalue weighted by Gasteiger charge is -2.49. The van der Waals surface area contributed by atoms with Crippen molar-refractivity contribution >= 4 is 10.0 Å². The fraction of sp³-hybridized carbons (Fsp3) is 1.00. The van der Waals surface area contributed by atoms with Crippen LogP contribution in [0.2, 0.25) is 0 Å². The van der Waals surface area contributed by atoms with E-state index in [2.05, 4.69) is 17.1 Å². The van der Waals surface area contributed by atoms with E-state index in [4.69, 9.17) is 0 Å². The van der Waals surface area contributed by atoms with Crippen molar-refractivity contribution in [3.63, 3.8) is 0 Å². The first-order valence-corrected chi connectivity index (χ1v) is 8.77. The Balaban J connectivity index is 2.49. The summed E-state index contributed by atoms with van der Waals surface area (Å²) in [7, 11) is 2.66. The normalized spacial score (nSPS) is 18.8. The molecule has 0 heterocycles. The van der Waals surface area contributed by atoms with Crippen LogP contribution in [0.3, 0.4) is 0 Å². The number of hydrogen-bond donors (Lipinski definition) is 1. The zero-order valence-corrected chi connectivity index (χ0v) is 13.6. The van der Waals surface area contributed by atoms with E-state index in [1.54, 1.807) is 11.4 Å². The van der Waals surface area contributed by atoms with Gasteiger partial charge in [-0.05, 0) is 46.3 Å². The van der Waals surface area contributed by atoms with Gasteiger partial charge in [0.25, 0.3) is 0 Å². The van der Waals surface area contributed by atoms with Crippen molar-refractivity contribution in [2.75, 3.05) is 46.5 Å². The number of hydrogen-bond acceptors (Lipinski definition) is 4. The van der Waals surface area contributed by atoms with Crippen molar-refractivity contribution in [3.05, 3.63) is 0 Å². The van der Waals surface area contributed by atoms with Gasteiger partial charge in [0, 0.05) is 25.7 Å². The number of rotatable bonds is 9. The Morgan fingerprint density at radius 2 is 1.79 bits per heavy atom. The van der Waals surface area contributed by atoms with Crippen LogP contribution in [0.25, 0.3) is 0 Å². The van der Waals surface area contributed by atoms with E-state index < -0.39 is 10.0 Å². The van der Waals surface area contributed by atoms with E-state index in [1.807, 2.05) is 14.1 Å². The van der Waals surface area contributed by atoms with Crippen LogP contribution in [0.5, 0.6) is 0 Å². The number of sulfonamides is 1. The van der Waals surface area contributed by atoms with E-state index in [9.17, 15) is 8.42 Å². The first kappa shape index (κ1) is 16.9. The molecule has 0 amide bonds. The predicted molar refractivity (Wildman–Crippen MR) is 79.8 cm³/mol. The van der Waals surface area contributed by atoms with Crippen LogP contribution in [0, 0.1) is 0 Å². The smallest absolute Gasteiger partial charge is 0.215 e. The summed E-state index contributed by atoms with van der Waals surface area (Å²) in [5.41, 5.74) is 0.0542. The molecule has 1 aliphatic carbocycles. The Morgan fingerprint density at radius 1 is 1.16 bits per heavy atom. The highest BCUT2D eigenvalue weighted by molar-refractivity contribution is 7.89. The highest BCUT2D eigenvalue weighted by Gasteiger charge is 2.41. The molecule has 0 bridgehead atoms. The van der Waals surface area contributed by atoms with Gasteiger partial charge in [0.15, 0.2) is 0 Å². The van der Waals surface area contributed by atoms with E-state index >= 15 is 0 Å². The molecule has 0 atom stereocenters. The summed E-state index contributed by atoms with van der Waals surface area (Å²) in [5.74, 6) is 0.188. The van der Waals surface area contributed by atoms with Gasteiger partial charge in [0.05, 0.1) is 5.75 Å². The molecule has 1 N–H and O–H groups in total. The van der Waals surface area contributed by atoms with Crippen molar-refractivity contribution < 1.29 is 8.42 Å². The van der Waals surface area contributed by atoms with Crippen LogP contribution in [0.1, 0.15) is 32.6 Å². The summed E-state index contributed by atoms with van der Waals surface area (Å²) in [6.45, 7) is 4.09. The van der Waals surface area contributed by atoms with Crippen molar-refractivity contribution in [2.45, 2.75) is 38.1 Å². The molecule has 114 valence electrons. The van der Waals surface area contributed by atoms with Gasteiger partial charge < -0.3 is 10.2 Å². The summed E-state index contributed by atoms with van der Waals surface area (Å²) in [4.78, 5) is 2.18. The van der Waals surface area contributed by atoms with Gasteiger partial charge in [0.2, 0.25) is 10.0 Å². The molecule has 1 rings (SSSR count). The van der Waals surface area contributed by atoms with Gasteiger partial charge >= 0.3 is 0 Å². The SMILES string of the molecule is CCCNCCS(=O)(=O)N(C)CC1(N(C)C)CCC1. The van der Waals surface area contributed by atoms with Gasteiger partial charge in [-0.15, -0.1) is 0 Å². The van der Waals surface area contributed by atoms with Crippen molar-refractivity contribution in [1.29, 1.82) is 0 Å². The molecule has 0 spiro atoms. The second-order valence-corrected chi connectivity index (χ2v) is 7.99. The molecule has 0 radical (unpaired) electrons. The molecule has 1 fully saturated rings. The molecule has 19 heavy (non-hydrogen) atoms. The lowest BCUT2D eigenvalue weighted by atomic mass is 9.75. The first-order chi connectivity index (χ1) is 8.84.